The Morgan fingerprint density at radius 2 is 1.82 bits per heavy atom. The van der Waals surface area contributed by atoms with Gasteiger partial charge < -0.3 is 10.4 Å². The number of aromatic nitrogens is 2. The quantitative estimate of drug-likeness (QED) is 0.772. The molecule has 4 nitrogen and oxygen atoms in total. The molecular weight excluding hydrogens is 281 g/mol. The second kappa shape index (κ2) is 6.22. The van der Waals surface area contributed by atoms with Crippen LogP contribution in [0.25, 0.3) is 11.1 Å². The lowest BCUT2D eigenvalue weighted by atomic mass is 10.1. The average Bonchev–Trinajstić information content (AvgIpc) is 2.57. The molecule has 0 spiro atoms. The molecule has 0 radical (unpaired) electrons. The summed E-state index contributed by atoms with van der Waals surface area (Å²) in [6.07, 6.45) is 4.97. The number of benzene rings is 2. The van der Waals surface area contributed by atoms with Crippen LogP contribution in [0.15, 0.2) is 61.2 Å². The molecule has 0 atom stereocenters. The summed E-state index contributed by atoms with van der Waals surface area (Å²) in [4.78, 5) is 8.00. The maximum Gasteiger partial charge on any atom is 0.123 e. The molecule has 0 unspecified atom stereocenters. The highest BCUT2D eigenvalue weighted by Gasteiger charge is 2.04. The Balaban J connectivity index is 1.77. The van der Waals surface area contributed by atoms with Crippen LogP contribution in [-0.4, -0.2) is 15.1 Å². The molecule has 0 bridgehead atoms. The molecule has 1 aromatic heterocycles. The summed E-state index contributed by atoms with van der Waals surface area (Å²) >= 11 is 0. The summed E-state index contributed by atoms with van der Waals surface area (Å²) in [5, 5.41) is 12.9. The Bertz CT molecular complexity index is 778. The normalized spacial score (nSPS) is 10.4. The third-order valence-corrected chi connectivity index (χ3v) is 3.28. The molecule has 0 aliphatic heterocycles. The summed E-state index contributed by atoms with van der Waals surface area (Å²) in [6.45, 7) is 0.332. The lowest BCUT2D eigenvalue weighted by Gasteiger charge is -2.10. The first-order valence-corrected chi connectivity index (χ1v) is 6.79. The molecule has 0 aliphatic carbocycles. The van der Waals surface area contributed by atoms with Crippen molar-refractivity contribution in [3.63, 3.8) is 0 Å². The van der Waals surface area contributed by atoms with Crippen molar-refractivity contribution >= 4 is 5.69 Å². The molecule has 0 amide bonds. The van der Waals surface area contributed by atoms with E-state index in [1.54, 1.807) is 12.4 Å². The highest BCUT2D eigenvalue weighted by atomic mass is 19.1. The fourth-order valence-corrected chi connectivity index (χ4v) is 2.15. The van der Waals surface area contributed by atoms with Crippen LogP contribution >= 0.6 is 0 Å². The SMILES string of the molecule is Oc1ccc(F)cc1CNc1cccc(-c2cncnc2)c1. The summed E-state index contributed by atoms with van der Waals surface area (Å²) in [5.41, 5.74) is 3.27. The van der Waals surface area contributed by atoms with E-state index in [1.165, 1.54) is 24.5 Å². The van der Waals surface area contributed by atoms with E-state index in [4.69, 9.17) is 0 Å². The van der Waals surface area contributed by atoms with Crippen LogP contribution in [0.1, 0.15) is 5.56 Å². The summed E-state index contributed by atoms with van der Waals surface area (Å²) in [7, 11) is 0. The number of phenolic OH excluding ortho intramolecular Hbond substituents is 1. The van der Waals surface area contributed by atoms with Gasteiger partial charge in [-0.2, -0.15) is 0 Å². The smallest absolute Gasteiger partial charge is 0.123 e. The van der Waals surface area contributed by atoms with Crippen LogP contribution < -0.4 is 5.32 Å². The summed E-state index contributed by atoms with van der Waals surface area (Å²) in [5.74, 6) is -0.300. The van der Waals surface area contributed by atoms with Gasteiger partial charge in [0, 0.05) is 35.8 Å². The van der Waals surface area contributed by atoms with E-state index < -0.39 is 0 Å². The van der Waals surface area contributed by atoms with Crippen LogP contribution in [0.2, 0.25) is 0 Å². The first kappa shape index (κ1) is 14.0. The lowest BCUT2D eigenvalue weighted by molar-refractivity contribution is 0.466. The van der Waals surface area contributed by atoms with E-state index in [-0.39, 0.29) is 11.6 Å². The van der Waals surface area contributed by atoms with Gasteiger partial charge in [-0.25, -0.2) is 14.4 Å². The first-order chi connectivity index (χ1) is 10.7. The topological polar surface area (TPSA) is 58.0 Å². The second-order valence-corrected chi connectivity index (χ2v) is 4.83. The molecule has 2 aromatic carbocycles. The minimum Gasteiger partial charge on any atom is -0.508 e. The highest BCUT2D eigenvalue weighted by molar-refractivity contribution is 5.66. The molecule has 2 N–H and O–H groups in total. The number of hydrogen-bond donors (Lipinski definition) is 2. The number of hydrogen-bond acceptors (Lipinski definition) is 4. The zero-order valence-electron chi connectivity index (χ0n) is 11.7. The molecular formula is C17H14FN3O. The van der Waals surface area contributed by atoms with Crippen LogP contribution in [0.5, 0.6) is 5.75 Å². The zero-order valence-corrected chi connectivity index (χ0v) is 11.7. The van der Waals surface area contributed by atoms with E-state index in [9.17, 15) is 9.50 Å². The Labute approximate surface area is 127 Å². The number of nitrogens with one attached hydrogen (secondary N) is 1. The van der Waals surface area contributed by atoms with E-state index in [1.807, 2.05) is 24.3 Å². The molecule has 110 valence electrons. The Hall–Kier alpha value is -2.95. The largest absolute Gasteiger partial charge is 0.508 e. The second-order valence-electron chi connectivity index (χ2n) is 4.83. The highest BCUT2D eigenvalue weighted by Crippen LogP contribution is 2.23. The molecule has 1 heterocycles. The predicted molar refractivity (Wildman–Crippen MR) is 82.9 cm³/mol. The van der Waals surface area contributed by atoms with Crippen LogP contribution in [0, 0.1) is 5.82 Å². The molecule has 0 saturated carbocycles. The van der Waals surface area contributed by atoms with E-state index in [2.05, 4.69) is 15.3 Å². The van der Waals surface area contributed by atoms with Gasteiger partial charge in [-0.05, 0) is 35.9 Å². The van der Waals surface area contributed by atoms with Gasteiger partial charge in [0.2, 0.25) is 0 Å². The Morgan fingerprint density at radius 1 is 1.00 bits per heavy atom. The zero-order chi connectivity index (χ0) is 15.4. The van der Waals surface area contributed by atoms with Gasteiger partial charge in [-0.3, -0.25) is 0 Å². The van der Waals surface area contributed by atoms with Gasteiger partial charge in [0.1, 0.15) is 17.9 Å². The van der Waals surface area contributed by atoms with Gasteiger partial charge in [-0.1, -0.05) is 12.1 Å². The maximum absolute atomic E-state index is 13.2. The minimum atomic E-state index is -0.371. The van der Waals surface area contributed by atoms with Gasteiger partial charge in [0.05, 0.1) is 0 Å². The van der Waals surface area contributed by atoms with Crippen molar-refractivity contribution in [2.24, 2.45) is 0 Å². The van der Waals surface area contributed by atoms with Crippen molar-refractivity contribution in [2.75, 3.05) is 5.32 Å². The molecule has 22 heavy (non-hydrogen) atoms. The van der Waals surface area contributed by atoms with Crippen molar-refractivity contribution in [1.29, 1.82) is 0 Å². The third kappa shape index (κ3) is 3.20. The van der Waals surface area contributed by atoms with E-state index >= 15 is 0 Å². The number of halogens is 1. The molecule has 0 saturated heterocycles. The van der Waals surface area contributed by atoms with Crippen LogP contribution in [0.4, 0.5) is 10.1 Å². The van der Waals surface area contributed by atoms with Crippen molar-refractivity contribution in [1.82, 2.24) is 9.97 Å². The molecule has 3 rings (SSSR count). The van der Waals surface area contributed by atoms with Gasteiger partial charge in [0.25, 0.3) is 0 Å². The monoisotopic (exact) mass is 295 g/mol. The third-order valence-electron chi connectivity index (χ3n) is 3.28. The van der Waals surface area contributed by atoms with Gasteiger partial charge in [-0.15, -0.1) is 0 Å². The number of nitrogens with zero attached hydrogens (tertiary/aromatic N) is 2. The van der Waals surface area contributed by atoms with Crippen molar-refractivity contribution in [2.45, 2.75) is 6.54 Å². The maximum atomic E-state index is 13.2. The lowest BCUT2D eigenvalue weighted by Crippen LogP contribution is -2.00. The first-order valence-electron chi connectivity index (χ1n) is 6.79. The average molecular weight is 295 g/mol. The van der Waals surface area contributed by atoms with Gasteiger partial charge in [0.15, 0.2) is 0 Å². The predicted octanol–water partition coefficient (Wildman–Crippen LogP) is 3.60. The standard InChI is InChI=1S/C17H14FN3O/c18-15-4-5-17(22)13(6-15)10-21-16-3-1-2-12(7-16)14-8-19-11-20-9-14/h1-9,11,21-22H,10H2. The van der Waals surface area contributed by atoms with Crippen LogP contribution in [0.3, 0.4) is 0 Å². The molecule has 0 fully saturated rings. The molecule has 5 heteroatoms. The van der Waals surface area contributed by atoms with Crippen molar-refractivity contribution < 1.29 is 9.50 Å². The van der Waals surface area contributed by atoms with E-state index in [0.717, 1.165) is 16.8 Å². The Morgan fingerprint density at radius 3 is 2.64 bits per heavy atom. The van der Waals surface area contributed by atoms with Crippen LogP contribution in [-0.2, 0) is 6.54 Å². The van der Waals surface area contributed by atoms with Gasteiger partial charge >= 0.3 is 0 Å². The fraction of sp³-hybridized carbons (Fsp3) is 0.0588. The van der Waals surface area contributed by atoms with Crippen molar-refractivity contribution in [3.05, 3.63) is 72.6 Å². The number of rotatable bonds is 4. The number of aromatic hydroxyl groups is 1. The Kier molecular flexibility index (Phi) is 3.96. The number of anilines is 1. The summed E-state index contributed by atoms with van der Waals surface area (Å²) < 4.78 is 13.2. The molecule has 3 aromatic rings. The minimum absolute atomic E-state index is 0.0708. The molecule has 0 aliphatic rings. The summed E-state index contributed by atoms with van der Waals surface area (Å²) in [6, 6.07) is 11.6. The number of phenols is 1. The fourth-order valence-electron chi connectivity index (χ4n) is 2.15. The van der Waals surface area contributed by atoms with Crippen molar-refractivity contribution in [3.8, 4) is 16.9 Å². The van der Waals surface area contributed by atoms with E-state index in [0.29, 0.717) is 12.1 Å².